The van der Waals surface area contributed by atoms with E-state index in [-0.39, 0.29) is 24.4 Å². The Morgan fingerprint density at radius 2 is 1.82 bits per heavy atom. The number of carbonyl (C=O) groups excluding carboxylic acids is 1. The van der Waals surface area contributed by atoms with Gasteiger partial charge in [0, 0.05) is 25.6 Å². The standard InChI is InChI=1S/C20H29N5O3/c1-14-18-15(2)28-22-19(18)20(27)25(21-14)13-8-17(26)24-11-6-16(7-12-24)23-9-4-3-5-10-23/h16H,3-13H2,1-2H3. The third kappa shape index (κ3) is 3.70. The second kappa shape index (κ2) is 8.03. The molecule has 2 saturated heterocycles. The molecule has 2 aromatic heterocycles. The molecular weight excluding hydrogens is 358 g/mol. The van der Waals surface area contributed by atoms with E-state index in [4.69, 9.17) is 4.52 Å². The van der Waals surface area contributed by atoms with Gasteiger partial charge < -0.3 is 14.3 Å². The van der Waals surface area contributed by atoms with Crippen molar-refractivity contribution in [3.8, 4) is 0 Å². The van der Waals surface area contributed by atoms with E-state index < -0.39 is 0 Å². The lowest BCUT2D eigenvalue weighted by molar-refractivity contribution is -0.133. The smallest absolute Gasteiger partial charge is 0.296 e. The maximum atomic E-state index is 12.7. The number of hydrogen-bond acceptors (Lipinski definition) is 6. The van der Waals surface area contributed by atoms with Gasteiger partial charge in [0.2, 0.25) is 5.91 Å². The summed E-state index contributed by atoms with van der Waals surface area (Å²) >= 11 is 0. The first-order valence-electron chi connectivity index (χ1n) is 10.4. The van der Waals surface area contributed by atoms with Crippen molar-refractivity contribution in [3.63, 3.8) is 0 Å². The van der Waals surface area contributed by atoms with Crippen LogP contribution in [-0.2, 0) is 11.3 Å². The zero-order chi connectivity index (χ0) is 19.7. The fourth-order valence-electron chi connectivity index (χ4n) is 4.62. The minimum absolute atomic E-state index is 0.0971. The summed E-state index contributed by atoms with van der Waals surface area (Å²) in [4.78, 5) is 29.7. The van der Waals surface area contributed by atoms with Gasteiger partial charge in [-0.25, -0.2) is 4.68 Å². The Morgan fingerprint density at radius 3 is 2.54 bits per heavy atom. The molecule has 0 aromatic carbocycles. The highest BCUT2D eigenvalue weighted by atomic mass is 16.5. The van der Waals surface area contributed by atoms with Crippen LogP contribution in [-0.4, -0.2) is 62.9 Å². The van der Waals surface area contributed by atoms with E-state index in [0.717, 1.165) is 25.9 Å². The van der Waals surface area contributed by atoms with Gasteiger partial charge in [0.1, 0.15) is 5.76 Å². The van der Waals surface area contributed by atoms with Crippen molar-refractivity contribution in [2.45, 2.75) is 65.0 Å². The topological polar surface area (TPSA) is 84.5 Å². The number of aryl methyl sites for hydroxylation is 3. The van der Waals surface area contributed by atoms with Crippen molar-refractivity contribution in [3.05, 3.63) is 21.8 Å². The van der Waals surface area contributed by atoms with Gasteiger partial charge in [0.15, 0.2) is 5.52 Å². The second-order valence-corrected chi connectivity index (χ2v) is 8.03. The molecule has 28 heavy (non-hydrogen) atoms. The maximum absolute atomic E-state index is 12.7. The average molecular weight is 387 g/mol. The van der Waals surface area contributed by atoms with Crippen molar-refractivity contribution >= 4 is 16.8 Å². The molecule has 1 amide bonds. The predicted molar refractivity (Wildman–Crippen MR) is 105 cm³/mol. The fraction of sp³-hybridized carbons (Fsp3) is 0.700. The molecule has 0 N–H and O–H groups in total. The Hall–Kier alpha value is -2.22. The number of carbonyl (C=O) groups is 1. The van der Waals surface area contributed by atoms with Crippen LogP contribution in [0.15, 0.2) is 9.32 Å². The largest absolute Gasteiger partial charge is 0.360 e. The van der Waals surface area contributed by atoms with E-state index in [2.05, 4.69) is 15.2 Å². The number of hydrogen-bond donors (Lipinski definition) is 0. The molecule has 152 valence electrons. The Bertz CT molecular complexity index is 904. The SMILES string of the molecule is Cc1nn(CCC(=O)N2CCC(N3CCCCC3)CC2)c(=O)c2noc(C)c12. The molecule has 2 aliphatic rings. The van der Waals surface area contributed by atoms with E-state index in [1.54, 1.807) is 6.92 Å². The van der Waals surface area contributed by atoms with Crippen molar-refractivity contribution in [2.75, 3.05) is 26.2 Å². The third-order valence-corrected chi connectivity index (χ3v) is 6.19. The zero-order valence-corrected chi connectivity index (χ0v) is 16.8. The molecular formula is C20H29N5O3. The van der Waals surface area contributed by atoms with Crippen LogP contribution in [0.1, 0.15) is 50.0 Å². The summed E-state index contributed by atoms with van der Waals surface area (Å²) in [7, 11) is 0. The average Bonchev–Trinajstić information content (AvgIpc) is 3.12. The predicted octanol–water partition coefficient (Wildman–Crippen LogP) is 1.87. The van der Waals surface area contributed by atoms with Crippen LogP contribution in [0.3, 0.4) is 0 Å². The summed E-state index contributed by atoms with van der Waals surface area (Å²) in [6.45, 7) is 7.89. The summed E-state index contributed by atoms with van der Waals surface area (Å²) in [6.07, 6.45) is 6.33. The highest BCUT2D eigenvalue weighted by molar-refractivity contribution is 5.81. The van der Waals surface area contributed by atoms with E-state index >= 15 is 0 Å². The number of amides is 1. The first kappa shape index (κ1) is 19.1. The highest BCUT2D eigenvalue weighted by Gasteiger charge is 2.27. The zero-order valence-electron chi connectivity index (χ0n) is 16.8. The van der Waals surface area contributed by atoms with Crippen LogP contribution >= 0.6 is 0 Å². The molecule has 4 rings (SSSR count). The van der Waals surface area contributed by atoms with Gasteiger partial charge in [-0.1, -0.05) is 11.6 Å². The van der Waals surface area contributed by atoms with Crippen molar-refractivity contribution in [1.29, 1.82) is 0 Å². The number of rotatable bonds is 4. The van der Waals surface area contributed by atoms with Crippen LogP contribution in [0, 0.1) is 13.8 Å². The second-order valence-electron chi connectivity index (χ2n) is 8.03. The summed E-state index contributed by atoms with van der Waals surface area (Å²) < 4.78 is 6.48. The first-order valence-corrected chi connectivity index (χ1v) is 10.4. The molecule has 0 aliphatic carbocycles. The van der Waals surface area contributed by atoms with Crippen LogP contribution in [0.4, 0.5) is 0 Å². The van der Waals surface area contributed by atoms with E-state index in [1.807, 2.05) is 11.8 Å². The molecule has 8 heteroatoms. The quantitative estimate of drug-likeness (QED) is 0.796. The van der Waals surface area contributed by atoms with Gasteiger partial charge in [0.05, 0.1) is 17.6 Å². The fourth-order valence-corrected chi connectivity index (χ4v) is 4.62. The van der Waals surface area contributed by atoms with Crippen molar-refractivity contribution < 1.29 is 9.32 Å². The Balaban J connectivity index is 1.34. The first-order chi connectivity index (χ1) is 13.5. The van der Waals surface area contributed by atoms with Crippen LogP contribution in [0.5, 0.6) is 0 Å². The molecule has 0 bridgehead atoms. The summed E-state index contributed by atoms with van der Waals surface area (Å²) in [5, 5.41) is 8.89. The van der Waals surface area contributed by atoms with Crippen LogP contribution in [0.2, 0.25) is 0 Å². The van der Waals surface area contributed by atoms with Crippen molar-refractivity contribution in [2.24, 2.45) is 0 Å². The molecule has 4 heterocycles. The van der Waals surface area contributed by atoms with Crippen LogP contribution < -0.4 is 5.56 Å². The lowest BCUT2D eigenvalue weighted by Gasteiger charge is -2.40. The summed E-state index contributed by atoms with van der Waals surface area (Å²) in [6, 6.07) is 0.620. The summed E-state index contributed by atoms with van der Waals surface area (Å²) in [5.74, 6) is 0.691. The highest BCUT2D eigenvalue weighted by Crippen LogP contribution is 2.21. The Morgan fingerprint density at radius 1 is 1.11 bits per heavy atom. The monoisotopic (exact) mass is 387 g/mol. The van der Waals surface area contributed by atoms with Gasteiger partial charge in [-0.3, -0.25) is 9.59 Å². The molecule has 2 aromatic rings. The molecule has 0 saturated carbocycles. The van der Waals surface area contributed by atoms with Gasteiger partial charge in [-0.15, -0.1) is 0 Å². The molecule has 0 atom stereocenters. The minimum Gasteiger partial charge on any atom is -0.360 e. The molecule has 0 unspecified atom stereocenters. The molecule has 0 spiro atoms. The minimum atomic E-state index is -0.297. The normalized spacial score (nSPS) is 19.4. The van der Waals surface area contributed by atoms with Crippen LogP contribution in [0.25, 0.3) is 10.9 Å². The Kier molecular flexibility index (Phi) is 5.48. The summed E-state index contributed by atoms with van der Waals surface area (Å²) in [5.41, 5.74) is 0.692. The molecule has 2 aliphatic heterocycles. The van der Waals surface area contributed by atoms with Gasteiger partial charge in [0.25, 0.3) is 5.56 Å². The number of aromatic nitrogens is 3. The maximum Gasteiger partial charge on any atom is 0.296 e. The lowest BCUT2D eigenvalue weighted by Crippen LogP contribution is -2.48. The molecule has 8 nitrogen and oxygen atoms in total. The van der Waals surface area contributed by atoms with Crippen molar-refractivity contribution in [1.82, 2.24) is 24.7 Å². The molecule has 2 fully saturated rings. The number of nitrogens with zero attached hydrogens (tertiary/aromatic N) is 5. The third-order valence-electron chi connectivity index (χ3n) is 6.19. The van der Waals surface area contributed by atoms with Gasteiger partial charge >= 0.3 is 0 Å². The number of piperidine rings is 2. The number of likely N-dealkylation sites (tertiary alicyclic amines) is 2. The van der Waals surface area contributed by atoms with E-state index in [1.165, 1.54) is 37.0 Å². The van der Waals surface area contributed by atoms with E-state index in [9.17, 15) is 9.59 Å². The lowest BCUT2D eigenvalue weighted by atomic mass is 10.00. The number of fused-ring (bicyclic) bond motifs is 1. The van der Waals surface area contributed by atoms with E-state index in [0.29, 0.717) is 28.4 Å². The molecule has 0 radical (unpaired) electrons. The van der Waals surface area contributed by atoms with Gasteiger partial charge in [-0.05, 0) is 52.6 Å². The Labute approximate surface area is 164 Å². The van der Waals surface area contributed by atoms with Gasteiger partial charge in [-0.2, -0.15) is 5.10 Å².